The van der Waals surface area contributed by atoms with E-state index in [-0.39, 0.29) is 16.9 Å². The van der Waals surface area contributed by atoms with Crippen LogP contribution in [0.2, 0.25) is 0 Å². The van der Waals surface area contributed by atoms with Crippen molar-refractivity contribution in [2.24, 2.45) is 5.73 Å². The highest BCUT2D eigenvalue weighted by Gasteiger charge is 2.22. The predicted octanol–water partition coefficient (Wildman–Crippen LogP) is 2.01. The number of ketones is 1. The van der Waals surface area contributed by atoms with Gasteiger partial charge in [-0.3, -0.25) is 9.59 Å². The van der Waals surface area contributed by atoms with Gasteiger partial charge >= 0.3 is 5.97 Å². The van der Waals surface area contributed by atoms with Gasteiger partial charge in [0.05, 0.1) is 10.4 Å². The van der Waals surface area contributed by atoms with E-state index in [4.69, 9.17) is 10.5 Å². The van der Waals surface area contributed by atoms with Gasteiger partial charge in [-0.2, -0.15) is 0 Å². The molecule has 1 amide bonds. The van der Waals surface area contributed by atoms with Crippen LogP contribution in [0, 0.1) is 0 Å². The quantitative estimate of drug-likeness (QED) is 0.676. The molecule has 0 unspecified atom stereocenters. The maximum atomic E-state index is 12.4. The molecule has 0 spiro atoms. The van der Waals surface area contributed by atoms with Gasteiger partial charge in [0, 0.05) is 5.56 Å². The Morgan fingerprint density at radius 1 is 1.10 bits per heavy atom. The lowest BCUT2D eigenvalue weighted by atomic mass is 10.0. The summed E-state index contributed by atoms with van der Waals surface area (Å²) >= 11 is 1.29. The molecular weight excluding hydrogens is 290 g/mol. The van der Waals surface area contributed by atoms with Gasteiger partial charge < -0.3 is 10.5 Å². The van der Waals surface area contributed by atoms with E-state index in [1.165, 1.54) is 24.3 Å². The van der Waals surface area contributed by atoms with E-state index in [0.29, 0.717) is 4.88 Å². The van der Waals surface area contributed by atoms with E-state index in [1.54, 1.807) is 35.7 Å². The highest BCUT2D eigenvalue weighted by molar-refractivity contribution is 7.12. The van der Waals surface area contributed by atoms with E-state index in [0.717, 1.165) is 0 Å². The van der Waals surface area contributed by atoms with Crippen LogP contribution in [0.4, 0.5) is 0 Å². The molecule has 2 rings (SSSR count). The number of hydrogen-bond donors (Lipinski definition) is 1. The fourth-order valence-electron chi connectivity index (χ4n) is 1.68. The number of esters is 1. The lowest BCUT2D eigenvalue weighted by molar-refractivity contribution is -0.125. The highest BCUT2D eigenvalue weighted by atomic mass is 32.1. The molecule has 1 heterocycles. The van der Waals surface area contributed by atoms with E-state index >= 15 is 0 Å². The van der Waals surface area contributed by atoms with Crippen molar-refractivity contribution in [2.75, 3.05) is 0 Å². The van der Waals surface area contributed by atoms with E-state index in [9.17, 15) is 14.4 Å². The van der Waals surface area contributed by atoms with E-state index in [1.807, 2.05) is 0 Å². The van der Waals surface area contributed by atoms with Gasteiger partial charge in [0.25, 0.3) is 5.91 Å². The molecule has 0 aliphatic heterocycles. The van der Waals surface area contributed by atoms with Crippen LogP contribution < -0.4 is 5.73 Å². The number of amides is 1. The van der Waals surface area contributed by atoms with Crippen LogP contribution in [0.15, 0.2) is 41.8 Å². The molecule has 108 valence electrons. The molecule has 6 heteroatoms. The SMILES string of the molecule is C[C@H](OC(=O)c1ccccc1C(=O)c1cccs1)C(N)=O. The minimum absolute atomic E-state index is 0.115. The van der Waals surface area contributed by atoms with Gasteiger partial charge in [-0.1, -0.05) is 24.3 Å². The molecule has 0 radical (unpaired) electrons. The number of thiophene rings is 1. The molecule has 0 saturated carbocycles. The third-order valence-corrected chi connectivity index (χ3v) is 3.69. The first-order valence-electron chi connectivity index (χ1n) is 6.18. The molecule has 0 aliphatic carbocycles. The normalized spacial score (nSPS) is 11.7. The van der Waals surface area contributed by atoms with Crippen molar-refractivity contribution in [3.05, 3.63) is 57.8 Å². The summed E-state index contributed by atoms with van der Waals surface area (Å²) in [5.74, 6) is -1.75. The Morgan fingerprint density at radius 2 is 1.76 bits per heavy atom. The smallest absolute Gasteiger partial charge is 0.339 e. The first kappa shape index (κ1) is 14.9. The Balaban J connectivity index is 2.31. The fourth-order valence-corrected chi connectivity index (χ4v) is 2.36. The van der Waals surface area contributed by atoms with Crippen LogP contribution in [0.1, 0.15) is 32.5 Å². The van der Waals surface area contributed by atoms with Crippen molar-refractivity contribution in [3.8, 4) is 0 Å². The molecule has 2 N–H and O–H groups in total. The second-order valence-electron chi connectivity index (χ2n) is 4.30. The van der Waals surface area contributed by atoms with Crippen molar-refractivity contribution < 1.29 is 19.1 Å². The minimum Gasteiger partial charge on any atom is -0.449 e. The molecule has 0 fully saturated rings. The number of nitrogens with two attached hydrogens (primary N) is 1. The maximum Gasteiger partial charge on any atom is 0.339 e. The monoisotopic (exact) mass is 303 g/mol. The summed E-state index contributed by atoms with van der Waals surface area (Å²) < 4.78 is 4.94. The van der Waals surface area contributed by atoms with Crippen LogP contribution in [0.5, 0.6) is 0 Å². The average Bonchev–Trinajstić information content (AvgIpc) is 3.00. The molecule has 1 aromatic carbocycles. The maximum absolute atomic E-state index is 12.4. The zero-order valence-electron chi connectivity index (χ0n) is 11.2. The number of carbonyl (C=O) groups is 3. The van der Waals surface area contributed by atoms with Crippen LogP contribution in [-0.4, -0.2) is 23.8 Å². The van der Waals surface area contributed by atoms with Crippen LogP contribution in [0.3, 0.4) is 0 Å². The van der Waals surface area contributed by atoms with Gasteiger partial charge in [0.15, 0.2) is 6.10 Å². The number of carbonyl (C=O) groups excluding carboxylic acids is 3. The van der Waals surface area contributed by atoms with Crippen molar-refractivity contribution in [1.29, 1.82) is 0 Å². The lowest BCUT2D eigenvalue weighted by Gasteiger charge is -2.11. The number of rotatable bonds is 5. The first-order chi connectivity index (χ1) is 10.0. The standard InChI is InChI=1S/C15H13NO4S/c1-9(14(16)18)20-15(19)11-6-3-2-5-10(11)13(17)12-7-4-8-21-12/h2-9H,1H3,(H2,16,18)/t9-/m0/s1. The van der Waals surface area contributed by atoms with Gasteiger partial charge in [0.1, 0.15) is 0 Å². The molecule has 0 aliphatic rings. The number of ether oxygens (including phenoxy) is 1. The van der Waals surface area contributed by atoms with Crippen LogP contribution >= 0.6 is 11.3 Å². The third-order valence-electron chi connectivity index (χ3n) is 2.82. The van der Waals surface area contributed by atoms with Crippen molar-refractivity contribution >= 4 is 29.0 Å². The largest absolute Gasteiger partial charge is 0.449 e. The van der Waals surface area contributed by atoms with Crippen LogP contribution in [-0.2, 0) is 9.53 Å². The Morgan fingerprint density at radius 3 is 2.33 bits per heavy atom. The lowest BCUT2D eigenvalue weighted by Crippen LogP contribution is -2.30. The second-order valence-corrected chi connectivity index (χ2v) is 5.25. The van der Waals surface area contributed by atoms with Gasteiger partial charge in [0.2, 0.25) is 5.78 Å². The zero-order valence-corrected chi connectivity index (χ0v) is 12.1. The molecule has 1 aromatic heterocycles. The number of hydrogen-bond acceptors (Lipinski definition) is 5. The zero-order chi connectivity index (χ0) is 15.4. The molecule has 2 aromatic rings. The summed E-state index contributed by atoms with van der Waals surface area (Å²) in [5.41, 5.74) is 5.41. The highest BCUT2D eigenvalue weighted by Crippen LogP contribution is 2.19. The van der Waals surface area contributed by atoms with E-state index in [2.05, 4.69) is 0 Å². The first-order valence-corrected chi connectivity index (χ1v) is 7.06. The molecule has 0 saturated heterocycles. The van der Waals surface area contributed by atoms with Gasteiger partial charge in [-0.25, -0.2) is 4.79 Å². The molecule has 21 heavy (non-hydrogen) atoms. The molecule has 5 nitrogen and oxygen atoms in total. The molecule has 0 bridgehead atoms. The Labute approximate surface area is 125 Å². The second kappa shape index (κ2) is 6.32. The van der Waals surface area contributed by atoms with Crippen molar-refractivity contribution in [2.45, 2.75) is 13.0 Å². The summed E-state index contributed by atoms with van der Waals surface area (Å²) in [5, 5.41) is 1.78. The number of benzene rings is 1. The fraction of sp³-hybridized carbons (Fsp3) is 0.133. The van der Waals surface area contributed by atoms with Crippen molar-refractivity contribution in [1.82, 2.24) is 0 Å². The van der Waals surface area contributed by atoms with Crippen molar-refractivity contribution in [3.63, 3.8) is 0 Å². The van der Waals surface area contributed by atoms with Gasteiger partial charge in [-0.05, 0) is 24.4 Å². The summed E-state index contributed by atoms with van der Waals surface area (Å²) in [6.45, 7) is 1.38. The van der Waals surface area contributed by atoms with Gasteiger partial charge in [-0.15, -0.1) is 11.3 Å². The Bertz CT molecular complexity index is 679. The predicted molar refractivity (Wildman–Crippen MR) is 78.3 cm³/mol. The van der Waals surface area contributed by atoms with Crippen LogP contribution in [0.25, 0.3) is 0 Å². The molecular formula is C15H13NO4S. The van der Waals surface area contributed by atoms with E-state index < -0.39 is 18.0 Å². The topological polar surface area (TPSA) is 86.5 Å². The summed E-state index contributed by atoms with van der Waals surface area (Å²) in [4.78, 5) is 35.9. The summed E-state index contributed by atoms with van der Waals surface area (Å²) in [6, 6.07) is 9.76. The number of primary amides is 1. The summed E-state index contributed by atoms with van der Waals surface area (Å²) in [7, 11) is 0. The minimum atomic E-state index is -1.05. The molecule has 1 atom stereocenters. The third kappa shape index (κ3) is 3.35. The Kier molecular flexibility index (Phi) is 4.49. The Hall–Kier alpha value is -2.47. The average molecular weight is 303 g/mol. The summed E-state index contributed by atoms with van der Waals surface area (Å²) in [6.07, 6.45) is -1.05.